The second-order valence-corrected chi connectivity index (χ2v) is 6.42. The summed E-state index contributed by atoms with van der Waals surface area (Å²) in [6.07, 6.45) is 1.79. The van der Waals surface area contributed by atoms with Gasteiger partial charge in [-0.05, 0) is 13.0 Å². The van der Waals surface area contributed by atoms with Crippen molar-refractivity contribution in [1.29, 1.82) is 0 Å². The minimum absolute atomic E-state index is 0.00519. The molecule has 3 heterocycles. The monoisotopic (exact) mass is 337 g/mol. The molecule has 24 heavy (non-hydrogen) atoms. The van der Waals surface area contributed by atoms with Crippen molar-refractivity contribution >= 4 is 11.2 Å². The van der Waals surface area contributed by atoms with Gasteiger partial charge in [-0.25, -0.2) is 9.78 Å². The summed E-state index contributed by atoms with van der Waals surface area (Å²) >= 11 is 0. The number of aryl methyl sites for hydroxylation is 1. The smallest absolute Gasteiger partial charge is 0.332 e. The van der Waals surface area contributed by atoms with Crippen molar-refractivity contribution in [2.75, 3.05) is 26.2 Å². The van der Waals surface area contributed by atoms with E-state index in [1.165, 1.54) is 11.6 Å². The quantitative estimate of drug-likeness (QED) is 0.676. The van der Waals surface area contributed by atoms with Crippen molar-refractivity contribution in [2.45, 2.75) is 19.1 Å². The van der Waals surface area contributed by atoms with E-state index in [0.29, 0.717) is 30.8 Å². The fourth-order valence-corrected chi connectivity index (χ4v) is 3.28. The lowest BCUT2D eigenvalue weighted by molar-refractivity contribution is -0.00260. The molecule has 0 amide bonds. The van der Waals surface area contributed by atoms with Crippen LogP contribution in [0.15, 0.2) is 15.9 Å². The second kappa shape index (κ2) is 6.50. The average Bonchev–Trinajstić information content (AvgIpc) is 3.00. The third kappa shape index (κ3) is 2.79. The zero-order valence-corrected chi connectivity index (χ0v) is 13.9. The summed E-state index contributed by atoms with van der Waals surface area (Å²) < 4.78 is 4.20. The Kier molecular flexibility index (Phi) is 4.57. The number of aliphatic hydroxyl groups is 2. The Bertz CT molecular complexity index is 852. The maximum Gasteiger partial charge on any atom is 0.332 e. The molecule has 2 aromatic heterocycles. The normalized spacial score (nSPS) is 22.3. The van der Waals surface area contributed by atoms with E-state index in [2.05, 4.69) is 9.88 Å². The van der Waals surface area contributed by atoms with Gasteiger partial charge in [-0.3, -0.25) is 18.8 Å². The van der Waals surface area contributed by atoms with Crippen molar-refractivity contribution < 1.29 is 10.2 Å². The fraction of sp³-hybridized carbons (Fsp3) is 0.667. The molecule has 3 rings (SSSR count). The topological polar surface area (TPSA) is 106 Å². The van der Waals surface area contributed by atoms with Crippen LogP contribution in [0.2, 0.25) is 0 Å². The molecular weight excluding hydrogens is 314 g/mol. The molecule has 1 aliphatic heterocycles. The lowest BCUT2D eigenvalue weighted by Crippen LogP contribution is -2.46. The Morgan fingerprint density at radius 2 is 2.00 bits per heavy atom. The first-order valence-electron chi connectivity index (χ1n) is 8.06. The zero-order valence-electron chi connectivity index (χ0n) is 13.9. The van der Waals surface area contributed by atoms with E-state index in [4.69, 9.17) is 0 Å². The van der Waals surface area contributed by atoms with Crippen LogP contribution >= 0.6 is 0 Å². The predicted octanol–water partition coefficient (Wildman–Crippen LogP) is -1.89. The molecule has 0 spiro atoms. The zero-order chi connectivity index (χ0) is 17.4. The largest absolute Gasteiger partial charge is 0.396 e. The molecule has 0 aliphatic carbocycles. The van der Waals surface area contributed by atoms with Gasteiger partial charge in [-0.1, -0.05) is 0 Å². The molecule has 1 saturated heterocycles. The van der Waals surface area contributed by atoms with E-state index in [1.807, 2.05) is 0 Å². The van der Waals surface area contributed by atoms with Gasteiger partial charge in [-0.2, -0.15) is 0 Å². The molecule has 9 heteroatoms. The first-order chi connectivity index (χ1) is 11.4. The van der Waals surface area contributed by atoms with Crippen LogP contribution in [0, 0.1) is 5.92 Å². The molecule has 0 bridgehead atoms. The highest BCUT2D eigenvalue weighted by atomic mass is 16.3. The van der Waals surface area contributed by atoms with Crippen LogP contribution in [-0.2, 0) is 20.6 Å². The van der Waals surface area contributed by atoms with Crippen molar-refractivity contribution in [3.63, 3.8) is 0 Å². The Labute approximate surface area is 138 Å². The Balaban J connectivity index is 1.80. The summed E-state index contributed by atoms with van der Waals surface area (Å²) in [5, 5.41) is 19.2. The lowest BCUT2D eigenvalue weighted by atomic mass is 9.95. The molecule has 0 radical (unpaired) electrons. The molecule has 2 atom stereocenters. The van der Waals surface area contributed by atoms with Crippen LogP contribution in [0.5, 0.6) is 0 Å². The number of piperidine rings is 1. The SMILES string of the molecule is Cn1c(=O)c2c(ncn2CCN2CC[C@H](CO)[C@@H](O)C2)n(C)c1=O. The maximum atomic E-state index is 12.4. The number of likely N-dealkylation sites (tertiary alicyclic amines) is 1. The minimum Gasteiger partial charge on any atom is -0.396 e. The fourth-order valence-electron chi connectivity index (χ4n) is 3.28. The molecule has 0 saturated carbocycles. The number of hydrogen-bond donors (Lipinski definition) is 2. The van der Waals surface area contributed by atoms with Crippen molar-refractivity contribution in [1.82, 2.24) is 23.6 Å². The molecule has 1 fully saturated rings. The summed E-state index contributed by atoms with van der Waals surface area (Å²) in [6, 6.07) is 0. The first kappa shape index (κ1) is 16.9. The van der Waals surface area contributed by atoms with E-state index in [-0.39, 0.29) is 18.1 Å². The molecule has 1 aliphatic rings. The molecule has 2 aromatic rings. The Morgan fingerprint density at radius 1 is 1.25 bits per heavy atom. The summed E-state index contributed by atoms with van der Waals surface area (Å²) in [5.74, 6) is -0.0582. The summed E-state index contributed by atoms with van der Waals surface area (Å²) in [5.41, 5.74) is 0.0316. The van der Waals surface area contributed by atoms with Crippen LogP contribution in [0.3, 0.4) is 0 Å². The van der Waals surface area contributed by atoms with Crippen LogP contribution in [0.1, 0.15) is 6.42 Å². The van der Waals surface area contributed by atoms with Crippen LogP contribution in [-0.4, -0.2) is 66.1 Å². The van der Waals surface area contributed by atoms with Gasteiger partial charge >= 0.3 is 5.69 Å². The van der Waals surface area contributed by atoms with Crippen LogP contribution in [0.4, 0.5) is 0 Å². The third-order valence-corrected chi connectivity index (χ3v) is 4.91. The minimum atomic E-state index is -0.531. The second-order valence-electron chi connectivity index (χ2n) is 6.42. The van der Waals surface area contributed by atoms with Gasteiger partial charge in [0.25, 0.3) is 5.56 Å². The van der Waals surface area contributed by atoms with Gasteiger partial charge in [-0.15, -0.1) is 0 Å². The highest BCUT2D eigenvalue weighted by Crippen LogP contribution is 2.17. The third-order valence-electron chi connectivity index (χ3n) is 4.91. The van der Waals surface area contributed by atoms with Gasteiger partial charge < -0.3 is 14.8 Å². The van der Waals surface area contributed by atoms with Crippen molar-refractivity contribution in [2.24, 2.45) is 20.0 Å². The first-order valence-corrected chi connectivity index (χ1v) is 8.06. The van der Waals surface area contributed by atoms with Crippen LogP contribution < -0.4 is 11.2 Å². The van der Waals surface area contributed by atoms with E-state index < -0.39 is 11.8 Å². The number of hydrogen-bond acceptors (Lipinski definition) is 6. The number of aromatic nitrogens is 4. The highest BCUT2D eigenvalue weighted by Gasteiger charge is 2.27. The number of imidazole rings is 1. The number of fused-ring (bicyclic) bond motifs is 1. The number of nitrogens with zero attached hydrogens (tertiary/aromatic N) is 5. The van der Waals surface area contributed by atoms with E-state index in [9.17, 15) is 19.8 Å². The van der Waals surface area contributed by atoms with Gasteiger partial charge in [0, 0.05) is 46.3 Å². The maximum absolute atomic E-state index is 12.4. The van der Waals surface area contributed by atoms with E-state index in [0.717, 1.165) is 17.5 Å². The molecule has 132 valence electrons. The summed E-state index contributed by atoms with van der Waals surface area (Å²) in [6.45, 7) is 2.51. The van der Waals surface area contributed by atoms with Gasteiger partial charge in [0.05, 0.1) is 12.4 Å². The van der Waals surface area contributed by atoms with Crippen molar-refractivity contribution in [3.8, 4) is 0 Å². The van der Waals surface area contributed by atoms with Crippen molar-refractivity contribution in [3.05, 3.63) is 27.2 Å². The van der Waals surface area contributed by atoms with E-state index in [1.54, 1.807) is 17.9 Å². The molecule has 0 unspecified atom stereocenters. The number of rotatable bonds is 4. The van der Waals surface area contributed by atoms with Gasteiger partial charge in [0.1, 0.15) is 0 Å². The average molecular weight is 337 g/mol. The molecule has 2 N–H and O–H groups in total. The molecule has 0 aromatic carbocycles. The summed E-state index contributed by atoms with van der Waals surface area (Å²) in [4.78, 5) is 30.6. The predicted molar refractivity (Wildman–Crippen MR) is 87.9 cm³/mol. The standard InChI is InChI=1S/C15H23N5O4/c1-17-13-12(14(23)18(2)15(17)24)20(9-16-13)6-5-19-4-3-10(8-21)11(22)7-19/h9-11,21-22H,3-8H2,1-2H3/t10-,11+/m1/s1. The summed E-state index contributed by atoms with van der Waals surface area (Å²) in [7, 11) is 3.05. The number of β-amino-alcohol motifs (C(OH)–C–C–N with tert-alkyl or cyclic N) is 1. The highest BCUT2D eigenvalue weighted by molar-refractivity contribution is 5.69. The lowest BCUT2D eigenvalue weighted by Gasteiger charge is -2.35. The van der Waals surface area contributed by atoms with Crippen LogP contribution in [0.25, 0.3) is 11.2 Å². The van der Waals surface area contributed by atoms with Gasteiger partial charge in [0.2, 0.25) is 0 Å². The van der Waals surface area contributed by atoms with E-state index >= 15 is 0 Å². The van der Waals surface area contributed by atoms with Gasteiger partial charge in [0.15, 0.2) is 11.2 Å². The Morgan fingerprint density at radius 3 is 2.67 bits per heavy atom. The molecule has 9 nitrogen and oxygen atoms in total. The Hall–Kier alpha value is -1.97. The number of aliphatic hydroxyl groups excluding tert-OH is 2. The molecular formula is C15H23N5O4.